The summed E-state index contributed by atoms with van der Waals surface area (Å²) in [4.78, 5) is 17.4. The lowest BCUT2D eigenvalue weighted by molar-refractivity contribution is 0.266. The Hall–Kier alpha value is -1.47. The van der Waals surface area contributed by atoms with Gasteiger partial charge in [-0.3, -0.25) is 9.79 Å². The number of fused-ring (bicyclic) bond motifs is 1. The Morgan fingerprint density at radius 1 is 0.955 bits per heavy atom. The molecule has 122 valence electrons. The molecule has 0 fully saturated rings. The molecule has 0 heterocycles. The largest absolute Gasteiger partial charge is 0.524 e. The molecule has 5 N–H and O–H groups in total. The van der Waals surface area contributed by atoms with Crippen molar-refractivity contribution in [1.29, 1.82) is 0 Å². The highest BCUT2D eigenvalue weighted by Gasteiger charge is 2.17. The molecule has 0 amide bonds. The van der Waals surface area contributed by atoms with Gasteiger partial charge in [0, 0.05) is 18.5 Å². The van der Waals surface area contributed by atoms with Gasteiger partial charge in [-0.05, 0) is 11.5 Å². The van der Waals surface area contributed by atoms with E-state index in [-0.39, 0.29) is 19.0 Å². The maximum Gasteiger partial charge on any atom is 0.524 e. The molecule has 0 radical (unpaired) electrons. The third-order valence-corrected chi connectivity index (χ3v) is 2.98. The van der Waals surface area contributed by atoms with E-state index in [0.717, 1.165) is 5.39 Å². The van der Waals surface area contributed by atoms with Gasteiger partial charge in [0.05, 0.1) is 13.2 Å². The van der Waals surface area contributed by atoms with Crippen molar-refractivity contribution >= 4 is 18.6 Å². The van der Waals surface area contributed by atoms with Crippen LogP contribution >= 0.6 is 7.82 Å². The molecule has 2 aromatic carbocycles. The molecular weight excluding hydrogens is 309 g/mol. The molecular formula is C14H20NO6P. The normalized spacial score (nSPS) is 10.9. The fraction of sp³-hybridized carbons (Fsp3) is 0.286. The van der Waals surface area contributed by atoms with Crippen molar-refractivity contribution in [3.63, 3.8) is 0 Å². The lowest BCUT2D eigenvalue weighted by atomic mass is 10.1. The average Bonchev–Trinajstić information content (AvgIpc) is 2.47. The van der Waals surface area contributed by atoms with Crippen LogP contribution in [0.5, 0.6) is 5.75 Å². The summed E-state index contributed by atoms with van der Waals surface area (Å²) in [5.41, 5.74) is 0. The fourth-order valence-electron chi connectivity index (χ4n) is 1.69. The summed E-state index contributed by atoms with van der Waals surface area (Å²) in [5, 5.41) is 20.6. The van der Waals surface area contributed by atoms with Crippen LogP contribution in [0.15, 0.2) is 42.5 Å². The maximum atomic E-state index is 10.7. The maximum absolute atomic E-state index is 10.7. The predicted molar refractivity (Wildman–Crippen MR) is 83.7 cm³/mol. The summed E-state index contributed by atoms with van der Waals surface area (Å²) in [5.74, 6) is 0.196. The van der Waals surface area contributed by atoms with Gasteiger partial charge in [0.15, 0.2) is 0 Å². The Morgan fingerprint density at radius 3 is 2.14 bits per heavy atom. The Balaban J connectivity index is 0.000000295. The lowest BCUT2D eigenvalue weighted by Crippen LogP contribution is -2.21. The van der Waals surface area contributed by atoms with Crippen molar-refractivity contribution in [2.75, 3.05) is 26.3 Å². The molecule has 0 aliphatic heterocycles. The summed E-state index contributed by atoms with van der Waals surface area (Å²) in [7, 11) is -4.49. The third-order valence-electron chi connectivity index (χ3n) is 2.54. The number of phosphoric ester groups is 1. The Kier molecular flexibility index (Phi) is 8.05. The van der Waals surface area contributed by atoms with Crippen molar-refractivity contribution in [3.05, 3.63) is 42.5 Å². The van der Waals surface area contributed by atoms with Gasteiger partial charge in [-0.1, -0.05) is 36.4 Å². The van der Waals surface area contributed by atoms with Crippen LogP contribution in [0.2, 0.25) is 0 Å². The molecule has 0 bridgehead atoms. The highest BCUT2D eigenvalue weighted by atomic mass is 31.2. The van der Waals surface area contributed by atoms with E-state index in [1.807, 2.05) is 18.2 Å². The molecule has 0 aliphatic carbocycles. The van der Waals surface area contributed by atoms with Crippen LogP contribution in [-0.2, 0) is 4.57 Å². The number of benzene rings is 2. The Morgan fingerprint density at radius 2 is 1.55 bits per heavy atom. The molecule has 2 aromatic rings. The molecule has 8 heteroatoms. The molecule has 0 aromatic heterocycles. The summed E-state index contributed by atoms with van der Waals surface area (Å²) in [6.45, 7) is 1.42. The standard InChI is InChI=1S/C10H9O4P.C4H11NO2/c11-15(12,13)14-10-7-3-5-8-4-1-2-6-9(8)10;6-3-1-5-2-4-7/h1-7H,(H2,11,12,13);5-7H,1-4H2. The second kappa shape index (κ2) is 9.53. The van der Waals surface area contributed by atoms with E-state index in [1.54, 1.807) is 18.2 Å². The highest BCUT2D eigenvalue weighted by molar-refractivity contribution is 7.46. The van der Waals surface area contributed by atoms with Gasteiger partial charge < -0.3 is 20.1 Å². The van der Waals surface area contributed by atoms with E-state index in [9.17, 15) is 4.57 Å². The third kappa shape index (κ3) is 7.00. The minimum atomic E-state index is -4.49. The van der Waals surface area contributed by atoms with Gasteiger partial charge >= 0.3 is 7.82 Å². The number of rotatable bonds is 6. The zero-order chi connectivity index (χ0) is 16.4. The van der Waals surface area contributed by atoms with E-state index in [2.05, 4.69) is 9.84 Å². The van der Waals surface area contributed by atoms with Crippen LogP contribution in [0, 0.1) is 0 Å². The van der Waals surface area contributed by atoms with Crippen LogP contribution in [0.1, 0.15) is 0 Å². The number of hydrogen-bond donors (Lipinski definition) is 5. The Labute approximate surface area is 128 Å². The Bertz CT molecular complexity index is 606. The second-order valence-electron chi connectivity index (χ2n) is 4.26. The number of nitrogens with one attached hydrogen (secondary N) is 1. The average molecular weight is 329 g/mol. The van der Waals surface area contributed by atoms with Crippen LogP contribution in [0.4, 0.5) is 0 Å². The SMILES string of the molecule is O=P(O)(O)Oc1cccc2ccccc12.OCCNCCO. The number of phosphoric acid groups is 1. The number of hydrogen-bond acceptors (Lipinski definition) is 5. The molecule has 0 saturated carbocycles. The predicted octanol–water partition coefficient (Wildman–Crippen LogP) is 0.872. The topological polar surface area (TPSA) is 119 Å². The fourth-order valence-corrected chi connectivity index (χ4v) is 2.10. The molecule has 22 heavy (non-hydrogen) atoms. The second-order valence-corrected chi connectivity index (χ2v) is 5.42. The van der Waals surface area contributed by atoms with Crippen LogP contribution in [-0.4, -0.2) is 46.3 Å². The summed E-state index contributed by atoms with van der Waals surface area (Å²) < 4.78 is 15.3. The first kappa shape index (κ1) is 18.6. The van der Waals surface area contributed by atoms with Crippen molar-refractivity contribution in [2.24, 2.45) is 0 Å². The van der Waals surface area contributed by atoms with Gasteiger partial charge in [-0.15, -0.1) is 0 Å². The van der Waals surface area contributed by atoms with Crippen molar-refractivity contribution in [3.8, 4) is 5.75 Å². The minimum absolute atomic E-state index is 0.139. The minimum Gasteiger partial charge on any atom is -0.404 e. The van der Waals surface area contributed by atoms with Crippen LogP contribution < -0.4 is 9.84 Å². The van der Waals surface area contributed by atoms with E-state index in [4.69, 9.17) is 20.0 Å². The number of aliphatic hydroxyl groups is 2. The molecule has 0 saturated heterocycles. The highest BCUT2D eigenvalue weighted by Crippen LogP contribution is 2.40. The molecule has 2 rings (SSSR count). The smallest absolute Gasteiger partial charge is 0.404 e. The van der Waals surface area contributed by atoms with E-state index >= 15 is 0 Å². The first-order valence-corrected chi connectivity index (χ1v) is 8.16. The van der Waals surface area contributed by atoms with Crippen LogP contribution in [0.25, 0.3) is 10.8 Å². The summed E-state index contributed by atoms with van der Waals surface area (Å²) in [6, 6.07) is 12.3. The van der Waals surface area contributed by atoms with Gasteiger partial charge in [-0.2, -0.15) is 0 Å². The lowest BCUT2D eigenvalue weighted by Gasteiger charge is -2.09. The van der Waals surface area contributed by atoms with Crippen molar-refractivity contribution in [2.45, 2.75) is 0 Å². The first-order chi connectivity index (χ1) is 10.5. The van der Waals surface area contributed by atoms with Crippen molar-refractivity contribution in [1.82, 2.24) is 5.32 Å². The molecule has 0 atom stereocenters. The van der Waals surface area contributed by atoms with Crippen LogP contribution in [0.3, 0.4) is 0 Å². The van der Waals surface area contributed by atoms with Gasteiger partial charge in [0.1, 0.15) is 5.75 Å². The van der Waals surface area contributed by atoms with E-state index < -0.39 is 7.82 Å². The van der Waals surface area contributed by atoms with Gasteiger partial charge in [-0.25, -0.2) is 4.57 Å². The zero-order valence-electron chi connectivity index (χ0n) is 11.9. The molecule has 0 spiro atoms. The van der Waals surface area contributed by atoms with Gasteiger partial charge in [0.2, 0.25) is 0 Å². The van der Waals surface area contributed by atoms with E-state index in [0.29, 0.717) is 18.5 Å². The zero-order valence-corrected chi connectivity index (χ0v) is 12.8. The molecule has 0 unspecified atom stereocenters. The van der Waals surface area contributed by atoms with Crippen molar-refractivity contribution < 1.29 is 29.1 Å². The summed E-state index contributed by atoms with van der Waals surface area (Å²) >= 11 is 0. The first-order valence-electron chi connectivity index (χ1n) is 6.63. The molecule has 0 aliphatic rings. The van der Waals surface area contributed by atoms with E-state index in [1.165, 1.54) is 6.07 Å². The quantitative estimate of drug-likeness (QED) is 0.394. The summed E-state index contributed by atoms with van der Waals surface area (Å²) in [6.07, 6.45) is 0. The van der Waals surface area contributed by atoms with Gasteiger partial charge in [0.25, 0.3) is 0 Å². The molecule has 7 nitrogen and oxygen atoms in total. The monoisotopic (exact) mass is 329 g/mol. The number of aliphatic hydroxyl groups excluding tert-OH is 2.